The third-order valence-corrected chi connectivity index (χ3v) is 1.84. The molecule has 1 fully saturated rings. The molecule has 1 saturated heterocycles. The van der Waals surface area contributed by atoms with Gasteiger partial charge in [0, 0.05) is 6.54 Å². The summed E-state index contributed by atoms with van der Waals surface area (Å²) in [6, 6.07) is 0. The summed E-state index contributed by atoms with van der Waals surface area (Å²) in [7, 11) is 0. The maximum Gasteiger partial charge on any atom is 2.00 e. The summed E-state index contributed by atoms with van der Waals surface area (Å²) in [5, 5.41) is 0. The Labute approximate surface area is 122 Å². The molecule has 0 N–H and O–H groups in total. The number of nitrogens with zero attached hydrogens (tertiary/aromatic N) is 1. The van der Waals surface area contributed by atoms with Gasteiger partial charge in [-0.2, -0.15) is 6.42 Å². The summed E-state index contributed by atoms with van der Waals surface area (Å²) in [5.41, 5.74) is -0.380. The molecule has 0 unspecified atom stereocenters. The Kier molecular flexibility index (Phi) is 9.39. The van der Waals surface area contributed by atoms with Gasteiger partial charge in [-0.05, 0) is 20.8 Å². The maximum absolute atomic E-state index is 11.5. The molecule has 5 heteroatoms. The number of halogens is 1. The number of carbonyl (C=O) groups is 1. The maximum atomic E-state index is 11.5. The van der Waals surface area contributed by atoms with Crippen molar-refractivity contribution in [3.8, 4) is 0 Å². The summed E-state index contributed by atoms with van der Waals surface area (Å²) >= 11 is 0. The molecule has 0 bridgehead atoms. The van der Waals surface area contributed by atoms with Crippen LogP contribution in [0.1, 0.15) is 33.6 Å². The Bertz CT molecular complexity index is 188. The molecule has 0 saturated carbocycles. The van der Waals surface area contributed by atoms with Gasteiger partial charge in [-0.15, -0.1) is 0 Å². The third kappa shape index (κ3) is 7.50. The number of amides is 1. The van der Waals surface area contributed by atoms with Crippen molar-refractivity contribution in [3.05, 3.63) is 6.42 Å². The van der Waals surface area contributed by atoms with E-state index in [1.807, 2.05) is 20.8 Å². The average Bonchev–Trinajstić information content (AvgIpc) is 2.03. The van der Waals surface area contributed by atoms with E-state index in [1.54, 1.807) is 4.90 Å². The summed E-state index contributed by atoms with van der Waals surface area (Å²) in [5.74, 6) is 0. The van der Waals surface area contributed by atoms with E-state index in [0.29, 0.717) is 0 Å². The second kappa shape index (κ2) is 7.83. The van der Waals surface area contributed by atoms with Crippen LogP contribution in [0.4, 0.5) is 4.79 Å². The van der Waals surface area contributed by atoms with Gasteiger partial charge in [0.25, 0.3) is 0 Å². The van der Waals surface area contributed by atoms with Crippen LogP contribution in [-0.2, 0) is 24.2 Å². The number of ether oxygens (including phenoxy) is 1. The van der Waals surface area contributed by atoms with Crippen LogP contribution in [0.2, 0.25) is 0 Å². The van der Waals surface area contributed by atoms with Gasteiger partial charge in [-0.25, -0.2) is 4.79 Å². The van der Waals surface area contributed by atoms with Crippen molar-refractivity contribution in [1.82, 2.24) is 4.90 Å². The summed E-state index contributed by atoms with van der Waals surface area (Å²) in [6.07, 6.45) is 4.09. The van der Waals surface area contributed by atoms with Crippen molar-refractivity contribution in [3.63, 3.8) is 0 Å². The molecule has 1 aliphatic rings. The number of likely N-dealkylation sites (tertiary alicyclic amines) is 1. The van der Waals surface area contributed by atoms with Gasteiger partial charge in [0.1, 0.15) is 5.60 Å². The van der Waals surface area contributed by atoms with Gasteiger partial charge in [-0.3, -0.25) is 0 Å². The monoisotopic (exact) mass is 375 g/mol. The van der Waals surface area contributed by atoms with Crippen LogP contribution >= 0.6 is 0 Å². The molecule has 1 rings (SSSR count). The fourth-order valence-electron chi connectivity index (χ4n) is 1.26. The second-order valence-electron chi connectivity index (χ2n) is 4.36. The fourth-order valence-corrected chi connectivity index (χ4v) is 1.26. The van der Waals surface area contributed by atoms with E-state index in [-0.39, 0.29) is 55.1 Å². The predicted octanol–water partition coefficient (Wildman–Crippen LogP) is -0.777. The molecule has 0 spiro atoms. The number of hydrogen-bond acceptors (Lipinski definition) is 2. The smallest absolute Gasteiger partial charge is 1.00 e. The third-order valence-electron chi connectivity index (χ3n) is 1.84. The first-order chi connectivity index (χ1) is 5.99. The molecular weight excluding hydrogens is 358 g/mol. The van der Waals surface area contributed by atoms with Gasteiger partial charge < -0.3 is 40.0 Å². The van der Waals surface area contributed by atoms with Crippen molar-refractivity contribution >= 4 is 6.09 Å². The van der Waals surface area contributed by atoms with Crippen molar-refractivity contribution < 1.29 is 53.0 Å². The number of piperidine rings is 1. The molecule has 15 heavy (non-hydrogen) atoms. The normalized spacial score (nSPS) is 16.1. The molecule has 0 aromatic carbocycles. The van der Waals surface area contributed by atoms with Crippen LogP contribution < -0.4 is 24.0 Å². The molecule has 1 aliphatic heterocycles. The van der Waals surface area contributed by atoms with Gasteiger partial charge in [0.2, 0.25) is 0 Å². The number of hydrogen-bond donors (Lipinski definition) is 0. The van der Waals surface area contributed by atoms with Crippen LogP contribution in [0.3, 0.4) is 0 Å². The Morgan fingerprint density at radius 3 is 2.40 bits per heavy atom. The standard InChI is InChI=1S/C10H18NO2.HI.Zn/c1-10(2,3)13-9(12)11-7-5-4-6-8-11;;/h5H,4,6-8H2,1-3H3;1H;/q-1;;+2/p-1. The van der Waals surface area contributed by atoms with E-state index in [4.69, 9.17) is 4.74 Å². The topological polar surface area (TPSA) is 29.5 Å². The molecule has 0 radical (unpaired) electrons. The molecule has 1 amide bonds. The van der Waals surface area contributed by atoms with Gasteiger partial charge >= 0.3 is 25.6 Å². The molecule has 84 valence electrons. The molecule has 3 nitrogen and oxygen atoms in total. The van der Waals surface area contributed by atoms with Crippen LogP contribution in [0.15, 0.2) is 0 Å². The summed E-state index contributed by atoms with van der Waals surface area (Å²) in [4.78, 5) is 13.2. The second-order valence-corrected chi connectivity index (χ2v) is 4.36. The summed E-state index contributed by atoms with van der Waals surface area (Å²) in [6.45, 7) is 7.22. The molecule has 0 aromatic heterocycles. The molecule has 0 atom stereocenters. The Hall–Kier alpha value is 0.623. The van der Waals surface area contributed by atoms with Crippen molar-refractivity contribution in [2.45, 2.75) is 39.2 Å². The van der Waals surface area contributed by atoms with Gasteiger partial charge in [0.05, 0.1) is 0 Å². The molecule has 1 heterocycles. The SMILES string of the molecule is CC(C)(C)OC(=O)N1C[CH-]CCC1.[I-].[Zn+2]. The number of carbonyl (C=O) groups excluding carboxylic acids is 1. The minimum atomic E-state index is -0.380. The summed E-state index contributed by atoms with van der Waals surface area (Å²) < 4.78 is 5.24. The van der Waals surface area contributed by atoms with E-state index in [0.717, 1.165) is 25.9 Å². The largest absolute Gasteiger partial charge is 2.00 e. The molecule has 0 aromatic rings. The minimum Gasteiger partial charge on any atom is -1.00 e. The Morgan fingerprint density at radius 1 is 1.40 bits per heavy atom. The zero-order chi connectivity index (χ0) is 9.90. The van der Waals surface area contributed by atoms with Crippen molar-refractivity contribution in [1.29, 1.82) is 0 Å². The van der Waals surface area contributed by atoms with E-state index < -0.39 is 0 Å². The van der Waals surface area contributed by atoms with Crippen LogP contribution in [0, 0.1) is 6.42 Å². The van der Waals surface area contributed by atoms with Crippen LogP contribution in [-0.4, -0.2) is 29.7 Å². The van der Waals surface area contributed by atoms with Crippen molar-refractivity contribution in [2.75, 3.05) is 13.1 Å². The Morgan fingerprint density at radius 2 is 2.00 bits per heavy atom. The van der Waals surface area contributed by atoms with Crippen LogP contribution in [0.5, 0.6) is 0 Å². The van der Waals surface area contributed by atoms with Gasteiger partial charge in [0.15, 0.2) is 0 Å². The zero-order valence-corrected chi connectivity index (χ0v) is 14.9. The minimum absolute atomic E-state index is 0. The average molecular weight is 377 g/mol. The van der Waals surface area contributed by atoms with E-state index in [9.17, 15) is 4.79 Å². The first kappa shape index (κ1) is 18.0. The fraction of sp³-hybridized carbons (Fsp3) is 0.800. The van der Waals surface area contributed by atoms with Crippen molar-refractivity contribution in [2.24, 2.45) is 0 Å². The van der Waals surface area contributed by atoms with E-state index in [2.05, 4.69) is 6.42 Å². The van der Waals surface area contributed by atoms with E-state index >= 15 is 0 Å². The number of rotatable bonds is 0. The van der Waals surface area contributed by atoms with E-state index in [1.165, 1.54) is 0 Å². The first-order valence-electron chi connectivity index (χ1n) is 4.78. The van der Waals surface area contributed by atoms with Gasteiger partial charge in [-0.1, -0.05) is 13.0 Å². The quantitative estimate of drug-likeness (QED) is 0.316. The van der Waals surface area contributed by atoms with Crippen LogP contribution in [0.25, 0.3) is 0 Å². The molecular formula is C10H18INO2Zn. The first-order valence-corrected chi connectivity index (χ1v) is 4.78. The Balaban J connectivity index is 0. The predicted molar refractivity (Wildman–Crippen MR) is 51.3 cm³/mol. The zero-order valence-electron chi connectivity index (χ0n) is 9.75. The molecule has 0 aliphatic carbocycles.